The van der Waals surface area contributed by atoms with Crippen LogP contribution in [0.4, 0.5) is 0 Å². The van der Waals surface area contributed by atoms with E-state index in [2.05, 4.69) is 4.57 Å². The molecule has 0 spiro atoms. The molecule has 0 unspecified atom stereocenters. The lowest BCUT2D eigenvalue weighted by molar-refractivity contribution is -0.144. The molecule has 0 bridgehead atoms. The Kier molecular flexibility index (Phi) is 6.75. The predicted octanol–water partition coefficient (Wildman–Crippen LogP) is 3.61. The van der Waals surface area contributed by atoms with Crippen molar-refractivity contribution < 1.29 is 23.8 Å². The molecule has 1 atom stereocenters. The Labute approximate surface area is 171 Å². The van der Waals surface area contributed by atoms with Gasteiger partial charge < -0.3 is 18.8 Å². The minimum Gasteiger partial charge on any atom is -0.482 e. The number of aryl methyl sites for hydroxylation is 3. The average Bonchev–Trinajstić information content (AvgIpc) is 3.28. The number of ketones is 1. The third kappa shape index (κ3) is 4.88. The highest BCUT2D eigenvalue weighted by molar-refractivity contribution is 5.99. The van der Waals surface area contributed by atoms with Crippen molar-refractivity contribution in [2.24, 2.45) is 0 Å². The summed E-state index contributed by atoms with van der Waals surface area (Å²) in [5, 5.41) is 0. The van der Waals surface area contributed by atoms with E-state index in [-0.39, 0.29) is 25.0 Å². The lowest BCUT2D eigenvalue weighted by atomic mass is 10.1. The minimum absolute atomic E-state index is 0.116. The van der Waals surface area contributed by atoms with Crippen LogP contribution in [0.1, 0.15) is 52.3 Å². The van der Waals surface area contributed by atoms with Crippen molar-refractivity contribution in [1.29, 1.82) is 0 Å². The standard InChI is InChI=1S/C23H29NO5/c1-15-10-21(17(3)24(15)16(2)12-27-4)22(25)13-29-23(26)14-28-20-9-8-18-6-5-7-19(18)11-20/h8-11,16H,5-7,12-14H2,1-4H3/t16-/m0/s1. The fraction of sp³-hybridized carbons (Fsp3) is 0.478. The van der Waals surface area contributed by atoms with Gasteiger partial charge in [-0.15, -0.1) is 0 Å². The highest BCUT2D eigenvalue weighted by Gasteiger charge is 2.20. The molecule has 6 nitrogen and oxygen atoms in total. The van der Waals surface area contributed by atoms with Crippen LogP contribution in [0.2, 0.25) is 0 Å². The number of fused-ring (bicyclic) bond motifs is 1. The van der Waals surface area contributed by atoms with Crippen molar-refractivity contribution in [3.8, 4) is 5.75 Å². The van der Waals surface area contributed by atoms with Gasteiger partial charge in [-0.3, -0.25) is 4.79 Å². The van der Waals surface area contributed by atoms with Crippen LogP contribution in [0.25, 0.3) is 0 Å². The zero-order chi connectivity index (χ0) is 21.0. The molecule has 1 aromatic heterocycles. The maximum atomic E-state index is 12.6. The van der Waals surface area contributed by atoms with Gasteiger partial charge in [0.15, 0.2) is 13.2 Å². The van der Waals surface area contributed by atoms with Gasteiger partial charge in [-0.2, -0.15) is 0 Å². The van der Waals surface area contributed by atoms with Crippen LogP contribution < -0.4 is 4.74 Å². The lowest BCUT2D eigenvalue weighted by Crippen LogP contribution is -2.20. The number of carbonyl (C=O) groups is 2. The van der Waals surface area contributed by atoms with Gasteiger partial charge in [0.25, 0.3) is 0 Å². The lowest BCUT2D eigenvalue weighted by Gasteiger charge is -2.17. The molecule has 0 saturated heterocycles. The van der Waals surface area contributed by atoms with Crippen LogP contribution in [0.3, 0.4) is 0 Å². The van der Waals surface area contributed by atoms with E-state index in [0.717, 1.165) is 30.7 Å². The molecule has 1 heterocycles. The van der Waals surface area contributed by atoms with E-state index in [1.54, 1.807) is 7.11 Å². The number of carbonyl (C=O) groups excluding carboxylic acids is 2. The highest BCUT2D eigenvalue weighted by atomic mass is 16.6. The molecule has 0 radical (unpaired) electrons. The summed E-state index contributed by atoms with van der Waals surface area (Å²) < 4.78 is 18.0. The Hall–Kier alpha value is -2.60. The number of esters is 1. The maximum Gasteiger partial charge on any atom is 0.344 e. The number of aromatic nitrogens is 1. The Morgan fingerprint density at radius 1 is 1.10 bits per heavy atom. The summed E-state index contributed by atoms with van der Waals surface area (Å²) in [4.78, 5) is 24.6. The van der Waals surface area contributed by atoms with Gasteiger partial charge in [0.1, 0.15) is 5.75 Å². The number of ether oxygens (including phenoxy) is 3. The van der Waals surface area contributed by atoms with Crippen molar-refractivity contribution in [2.75, 3.05) is 26.9 Å². The first-order valence-corrected chi connectivity index (χ1v) is 10.0. The Balaban J connectivity index is 1.52. The van der Waals surface area contributed by atoms with E-state index in [1.807, 2.05) is 45.0 Å². The average molecular weight is 399 g/mol. The minimum atomic E-state index is -0.555. The smallest absolute Gasteiger partial charge is 0.344 e. The molecule has 0 fully saturated rings. The largest absolute Gasteiger partial charge is 0.482 e. The molecule has 29 heavy (non-hydrogen) atoms. The highest BCUT2D eigenvalue weighted by Crippen LogP contribution is 2.26. The molecule has 1 aliphatic rings. The number of benzene rings is 1. The van der Waals surface area contributed by atoms with Gasteiger partial charge >= 0.3 is 5.97 Å². The van der Waals surface area contributed by atoms with Gasteiger partial charge in [0.05, 0.1) is 12.6 Å². The van der Waals surface area contributed by atoms with Crippen LogP contribution in [0.15, 0.2) is 24.3 Å². The third-order valence-electron chi connectivity index (χ3n) is 5.42. The maximum absolute atomic E-state index is 12.6. The molecule has 1 aliphatic carbocycles. The summed E-state index contributed by atoms with van der Waals surface area (Å²) in [6, 6.07) is 7.85. The molecule has 0 aliphatic heterocycles. The van der Waals surface area contributed by atoms with Crippen LogP contribution in [-0.2, 0) is 27.1 Å². The zero-order valence-corrected chi connectivity index (χ0v) is 17.6. The summed E-state index contributed by atoms with van der Waals surface area (Å²) >= 11 is 0. The summed E-state index contributed by atoms with van der Waals surface area (Å²) in [6.45, 7) is 5.93. The number of Topliss-reactive ketones (excluding diaryl/α,β-unsaturated/α-hetero) is 1. The van der Waals surface area contributed by atoms with Gasteiger partial charge in [0, 0.05) is 24.1 Å². The fourth-order valence-corrected chi connectivity index (χ4v) is 4.10. The van der Waals surface area contributed by atoms with E-state index in [9.17, 15) is 9.59 Å². The molecule has 156 valence electrons. The first-order valence-electron chi connectivity index (χ1n) is 10.0. The summed E-state index contributed by atoms with van der Waals surface area (Å²) in [5.41, 5.74) is 5.02. The Bertz CT molecular complexity index is 899. The second-order valence-electron chi connectivity index (χ2n) is 7.62. The second kappa shape index (κ2) is 9.27. The normalized spacial score (nSPS) is 13.8. The van der Waals surface area contributed by atoms with E-state index < -0.39 is 5.97 Å². The SMILES string of the molecule is COC[C@H](C)n1c(C)cc(C(=O)COC(=O)COc2ccc3c(c2)CCC3)c1C. The molecule has 1 aromatic carbocycles. The number of nitrogens with zero attached hydrogens (tertiary/aromatic N) is 1. The molecule has 2 aromatic rings. The molecule has 0 amide bonds. The third-order valence-corrected chi connectivity index (χ3v) is 5.42. The molecule has 3 rings (SSSR count). The zero-order valence-electron chi connectivity index (χ0n) is 17.6. The Morgan fingerprint density at radius 3 is 2.62 bits per heavy atom. The number of methoxy groups -OCH3 is 1. The van der Waals surface area contributed by atoms with Crippen LogP contribution in [0.5, 0.6) is 5.75 Å². The van der Waals surface area contributed by atoms with Gasteiger partial charge in [-0.05, 0) is 69.4 Å². The Morgan fingerprint density at radius 2 is 1.86 bits per heavy atom. The van der Waals surface area contributed by atoms with E-state index in [4.69, 9.17) is 14.2 Å². The van der Waals surface area contributed by atoms with Crippen molar-refractivity contribution in [1.82, 2.24) is 4.57 Å². The predicted molar refractivity (Wildman–Crippen MR) is 110 cm³/mol. The summed E-state index contributed by atoms with van der Waals surface area (Å²) in [6.07, 6.45) is 3.31. The monoisotopic (exact) mass is 399 g/mol. The molecular weight excluding hydrogens is 370 g/mol. The summed E-state index contributed by atoms with van der Waals surface area (Å²) in [5.74, 6) is -0.121. The molecule has 6 heteroatoms. The topological polar surface area (TPSA) is 66.8 Å². The quantitative estimate of drug-likeness (QED) is 0.476. The molecule has 0 N–H and O–H groups in total. The van der Waals surface area contributed by atoms with Crippen LogP contribution in [-0.4, -0.2) is 43.3 Å². The van der Waals surface area contributed by atoms with E-state index >= 15 is 0 Å². The van der Waals surface area contributed by atoms with Crippen molar-refractivity contribution >= 4 is 11.8 Å². The second-order valence-corrected chi connectivity index (χ2v) is 7.62. The first-order chi connectivity index (χ1) is 13.9. The van der Waals surface area contributed by atoms with Crippen molar-refractivity contribution in [3.63, 3.8) is 0 Å². The molecular formula is C23H29NO5. The number of hydrogen-bond donors (Lipinski definition) is 0. The van der Waals surface area contributed by atoms with Gasteiger partial charge in [0.2, 0.25) is 5.78 Å². The number of hydrogen-bond acceptors (Lipinski definition) is 5. The first kappa shape index (κ1) is 21.1. The van der Waals surface area contributed by atoms with Crippen LogP contribution in [0, 0.1) is 13.8 Å². The van der Waals surface area contributed by atoms with E-state index in [0.29, 0.717) is 17.9 Å². The van der Waals surface area contributed by atoms with Gasteiger partial charge in [-0.1, -0.05) is 6.07 Å². The van der Waals surface area contributed by atoms with E-state index in [1.165, 1.54) is 11.1 Å². The molecule has 0 saturated carbocycles. The van der Waals surface area contributed by atoms with Crippen molar-refractivity contribution in [2.45, 2.75) is 46.1 Å². The summed E-state index contributed by atoms with van der Waals surface area (Å²) in [7, 11) is 1.65. The van der Waals surface area contributed by atoms with Crippen molar-refractivity contribution in [3.05, 3.63) is 52.3 Å². The van der Waals surface area contributed by atoms with Gasteiger partial charge in [-0.25, -0.2) is 4.79 Å². The fourth-order valence-electron chi connectivity index (χ4n) is 4.10. The van der Waals surface area contributed by atoms with Crippen LogP contribution >= 0.6 is 0 Å². The number of rotatable bonds is 9.